The van der Waals surface area contributed by atoms with Crippen molar-refractivity contribution in [3.05, 3.63) is 48.0 Å². The van der Waals surface area contributed by atoms with E-state index in [2.05, 4.69) is 41.3 Å². The Morgan fingerprint density at radius 2 is 1.71 bits per heavy atom. The quantitative estimate of drug-likeness (QED) is 0.744. The molecule has 0 aliphatic carbocycles. The zero-order chi connectivity index (χ0) is 11.2. The van der Waals surface area contributed by atoms with Crippen molar-refractivity contribution in [2.75, 3.05) is 11.7 Å². The first kappa shape index (κ1) is 8.93. The Kier molecular flexibility index (Phi) is 1.66. The maximum absolute atomic E-state index is 5.40. The first-order valence-electron chi connectivity index (χ1n) is 5.67. The number of hydrogen-bond donors (Lipinski definition) is 0. The van der Waals surface area contributed by atoms with Gasteiger partial charge in [0.15, 0.2) is 11.5 Å². The molecule has 2 aliphatic heterocycles. The molecule has 2 aromatic carbocycles. The van der Waals surface area contributed by atoms with E-state index in [0.29, 0.717) is 6.79 Å². The van der Waals surface area contributed by atoms with Crippen LogP contribution in [0.25, 0.3) is 0 Å². The maximum Gasteiger partial charge on any atom is 0.231 e. The molecule has 84 valence electrons. The molecule has 0 spiro atoms. The van der Waals surface area contributed by atoms with Gasteiger partial charge in [-0.2, -0.15) is 0 Å². The fraction of sp³-hybridized carbons (Fsp3) is 0.143. The van der Waals surface area contributed by atoms with Crippen LogP contribution in [0.3, 0.4) is 0 Å². The summed E-state index contributed by atoms with van der Waals surface area (Å²) < 4.78 is 10.8. The number of fused-ring (bicyclic) bond motifs is 2. The average molecular weight is 225 g/mol. The van der Waals surface area contributed by atoms with Crippen LogP contribution in [0.5, 0.6) is 11.5 Å². The van der Waals surface area contributed by atoms with Gasteiger partial charge in [-0.3, -0.25) is 0 Å². The Hall–Kier alpha value is -2.16. The standard InChI is InChI=1S/C14H11NO2/c1-2-4-11(5-3-1)15-8-10-6-13-14(7-12(10)15)17-9-16-13/h1-7H,8-9H2. The molecular weight excluding hydrogens is 214 g/mol. The third-order valence-corrected chi connectivity index (χ3v) is 3.26. The fourth-order valence-corrected chi connectivity index (χ4v) is 2.35. The number of benzene rings is 2. The molecule has 17 heavy (non-hydrogen) atoms. The fourth-order valence-electron chi connectivity index (χ4n) is 2.35. The molecule has 3 nitrogen and oxygen atoms in total. The first-order chi connectivity index (χ1) is 8.42. The molecule has 0 saturated heterocycles. The molecule has 0 aromatic heterocycles. The Balaban J connectivity index is 1.76. The van der Waals surface area contributed by atoms with E-state index in [4.69, 9.17) is 9.47 Å². The molecule has 0 amide bonds. The topological polar surface area (TPSA) is 21.7 Å². The van der Waals surface area contributed by atoms with E-state index < -0.39 is 0 Å². The van der Waals surface area contributed by atoms with Crippen molar-refractivity contribution in [3.8, 4) is 11.5 Å². The van der Waals surface area contributed by atoms with Gasteiger partial charge < -0.3 is 14.4 Å². The lowest BCUT2D eigenvalue weighted by atomic mass is 10.0. The van der Waals surface area contributed by atoms with E-state index in [1.807, 2.05) is 6.07 Å². The highest BCUT2D eigenvalue weighted by Crippen LogP contribution is 2.46. The summed E-state index contributed by atoms with van der Waals surface area (Å²) in [5.41, 5.74) is 3.76. The number of ether oxygens (including phenoxy) is 2. The number of nitrogens with zero attached hydrogens (tertiary/aromatic N) is 1. The summed E-state index contributed by atoms with van der Waals surface area (Å²) in [4.78, 5) is 2.28. The number of hydrogen-bond acceptors (Lipinski definition) is 3. The molecule has 0 saturated carbocycles. The third kappa shape index (κ3) is 1.22. The van der Waals surface area contributed by atoms with Crippen LogP contribution >= 0.6 is 0 Å². The van der Waals surface area contributed by atoms with E-state index in [0.717, 1.165) is 18.0 Å². The van der Waals surface area contributed by atoms with Gasteiger partial charge in [0, 0.05) is 11.8 Å². The van der Waals surface area contributed by atoms with Crippen LogP contribution in [0, 0.1) is 0 Å². The molecule has 2 aliphatic rings. The maximum atomic E-state index is 5.40. The van der Waals surface area contributed by atoms with E-state index in [-0.39, 0.29) is 0 Å². The molecule has 2 heterocycles. The van der Waals surface area contributed by atoms with Crippen molar-refractivity contribution in [3.63, 3.8) is 0 Å². The van der Waals surface area contributed by atoms with Gasteiger partial charge in [-0.05, 0) is 23.8 Å². The monoisotopic (exact) mass is 225 g/mol. The van der Waals surface area contributed by atoms with E-state index in [1.54, 1.807) is 0 Å². The van der Waals surface area contributed by atoms with Crippen molar-refractivity contribution in [1.29, 1.82) is 0 Å². The van der Waals surface area contributed by atoms with Gasteiger partial charge in [0.05, 0.1) is 12.2 Å². The summed E-state index contributed by atoms with van der Waals surface area (Å²) in [7, 11) is 0. The SMILES string of the molecule is c1ccc(N2Cc3cc4c(cc32)OCO4)cc1. The summed E-state index contributed by atoms with van der Waals surface area (Å²) in [6.07, 6.45) is 0. The second kappa shape index (κ2) is 3.17. The number of para-hydroxylation sites is 1. The highest BCUT2D eigenvalue weighted by Gasteiger charge is 2.28. The summed E-state index contributed by atoms with van der Waals surface area (Å²) in [5.74, 6) is 1.72. The molecule has 0 N–H and O–H groups in total. The van der Waals surface area contributed by atoms with Gasteiger partial charge in [-0.1, -0.05) is 18.2 Å². The Morgan fingerprint density at radius 1 is 0.941 bits per heavy atom. The molecule has 0 atom stereocenters. The van der Waals surface area contributed by atoms with Crippen molar-refractivity contribution >= 4 is 11.4 Å². The highest BCUT2D eigenvalue weighted by molar-refractivity contribution is 5.76. The summed E-state index contributed by atoms with van der Waals surface area (Å²) in [5, 5.41) is 0. The molecule has 0 bridgehead atoms. The van der Waals surface area contributed by atoms with Crippen LogP contribution < -0.4 is 14.4 Å². The van der Waals surface area contributed by atoms with Crippen molar-refractivity contribution in [2.24, 2.45) is 0 Å². The van der Waals surface area contributed by atoms with E-state index in [1.165, 1.54) is 16.9 Å². The van der Waals surface area contributed by atoms with Crippen LogP contribution in [0.15, 0.2) is 42.5 Å². The molecule has 0 radical (unpaired) electrons. The van der Waals surface area contributed by atoms with Crippen LogP contribution in [-0.4, -0.2) is 6.79 Å². The summed E-state index contributed by atoms with van der Waals surface area (Å²) in [6.45, 7) is 1.28. The van der Waals surface area contributed by atoms with Crippen molar-refractivity contribution in [2.45, 2.75) is 6.54 Å². The van der Waals surface area contributed by atoms with Gasteiger partial charge in [0.2, 0.25) is 6.79 Å². The van der Waals surface area contributed by atoms with Crippen molar-refractivity contribution < 1.29 is 9.47 Å². The molecule has 0 fully saturated rings. The zero-order valence-electron chi connectivity index (χ0n) is 9.22. The van der Waals surface area contributed by atoms with E-state index >= 15 is 0 Å². The lowest BCUT2D eigenvalue weighted by molar-refractivity contribution is 0.174. The Bertz CT molecular complexity index is 580. The highest BCUT2D eigenvalue weighted by atomic mass is 16.7. The minimum atomic E-state index is 0.337. The molecule has 2 aromatic rings. The molecule has 0 unspecified atom stereocenters. The average Bonchev–Trinajstić information content (AvgIpc) is 2.80. The minimum absolute atomic E-state index is 0.337. The minimum Gasteiger partial charge on any atom is -0.454 e. The Morgan fingerprint density at radius 3 is 2.53 bits per heavy atom. The van der Waals surface area contributed by atoms with E-state index in [9.17, 15) is 0 Å². The second-order valence-electron chi connectivity index (χ2n) is 4.26. The van der Waals surface area contributed by atoms with Gasteiger partial charge in [-0.15, -0.1) is 0 Å². The van der Waals surface area contributed by atoms with Crippen LogP contribution in [0.1, 0.15) is 5.56 Å². The second-order valence-corrected chi connectivity index (χ2v) is 4.26. The molecular formula is C14H11NO2. The van der Waals surface area contributed by atoms with Gasteiger partial charge in [0.1, 0.15) is 0 Å². The first-order valence-corrected chi connectivity index (χ1v) is 5.67. The number of rotatable bonds is 1. The summed E-state index contributed by atoms with van der Waals surface area (Å²) >= 11 is 0. The van der Waals surface area contributed by atoms with Crippen molar-refractivity contribution in [1.82, 2.24) is 0 Å². The van der Waals surface area contributed by atoms with Crippen LogP contribution in [0.4, 0.5) is 11.4 Å². The summed E-state index contributed by atoms with van der Waals surface area (Å²) in [6, 6.07) is 14.5. The zero-order valence-corrected chi connectivity index (χ0v) is 9.22. The lowest BCUT2D eigenvalue weighted by Gasteiger charge is -2.36. The van der Waals surface area contributed by atoms with Gasteiger partial charge in [-0.25, -0.2) is 0 Å². The molecule has 3 heteroatoms. The third-order valence-electron chi connectivity index (χ3n) is 3.26. The Labute approximate surface area is 99.2 Å². The largest absolute Gasteiger partial charge is 0.454 e. The number of anilines is 2. The normalized spacial score (nSPS) is 15.4. The predicted octanol–water partition coefficient (Wildman–Crippen LogP) is 3.07. The van der Waals surface area contributed by atoms with Crippen LogP contribution in [-0.2, 0) is 6.54 Å². The lowest BCUT2D eigenvalue weighted by Crippen LogP contribution is -2.27. The smallest absolute Gasteiger partial charge is 0.231 e. The van der Waals surface area contributed by atoms with Gasteiger partial charge >= 0.3 is 0 Å². The molecule has 4 rings (SSSR count). The predicted molar refractivity (Wildman–Crippen MR) is 64.9 cm³/mol. The van der Waals surface area contributed by atoms with Gasteiger partial charge in [0.25, 0.3) is 0 Å². The van der Waals surface area contributed by atoms with Crippen LogP contribution in [0.2, 0.25) is 0 Å².